The molecule has 0 unspecified atom stereocenters. The molecule has 0 atom stereocenters. The first kappa shape index (κ1) is 18.4. The van der Waals surface area contributed by atoms with Gasteiger partial charge >= 0.3 is 0 Å². The van der Waals surface area contributed by atoms with Crippen LogP contribution in [-0.2, 0) is 7.05 Å². The molecule has 3 heterocycles. The molecule has 3 aromatic rings. The summed E-state index contributed by atoms with van der Waals surface area (Å²) in [4.78, 5) is 4.71. The molecule has 0 spiro atoms. The first-order valence-corrected chi connectivity index (χ1v) is 13.6. The molecule has 0 N–H and O–H groups in total. The van der Waals surface area contributed by atoms with E-state index < -0.39 is 8.07 Å². The highest BCUT2D eigenvalue weighted by Gasteiger charge is 2.29. The topological polar surface area (TPSA) is 16.8 Å². The van der Waals surface area contributed by atoms with Crippen molar-refractivity contribution in [3.8, 4) is 11.4 Å². The highest BCUT2D eigenvalue weighted by molar-refractivity contribution is 6.77. The zero-order valence-corrected chi connectivity index (χ0v) is 18.3. The van der Waals surface area contributed by atoms with Gasteiger partial charge in [0.2, 0.25) is 5.69 Å². The van der Waals surface area contributed by atoms with Crippen LogP contribution in [0.25, 0.3) is 22.2 Å². The van der Waals surface area contributed by atoms with Crippen LogP contribution >= 0.6 is 0 Å². The molecule has 4 rings (SSSR count). The van der Waals surface area contributed by atoms with Crippen LogP contribution in [-0.4, -0.2) is 13.1 Å². The summed E-state index contributed by atoms with van der Waals surface area (Å²) in [5.41, 5.74) is 6.35. The van der Waals surface area contributed by atoms with E-state index in [4.69, 9.17) is 4.98 Å². The molecule has 140 valence electrons. The molecule has 1 aliphatic rings. The fourth-order valence-corrected chi connectivity index (χ4v) is 7.11. The predicted octanol–water partition coefficient (Wildman–Crippen LogP) is 5.93. The third-order valence-corrected chi connectivity index (χ3v) is 9.89. The van der Waals surface area contributed by atoms with Gasteiger partial charge in [0.1, 0.15) is 12.7 Å². The Balaban J connectivity index is 1.82. The van der Waals surface area contributed by atoms with Crippen molar-refractivity contribution in [3.63, 3.8) is 0 Å². The minimum Gasteiger partial charge on any atom is -0.250 e. The van der Waals surface area contributed by atoms with Crippen molar-refractivity contribution in [3.05, 3.63) is 59.4 Å². The van der Waals surface area contributed by atoms with E-state index >= 15 is 0 Å². The van der Waals surface area contributed by atoms with Gasteiger partial charge in [0.15, 0.2) is 5.69 Å². The summed E-state index contributed by atoms with van der Waals surface area (Å²) in [6, 6.07) is 16.6. The minimum atomic E-state index is -0.906. The molecule has 27 heavy (non-hydrogen) atoms. The number of fused-ring (bicyclic) bond motifs is 1. The number of hydrogen-bond acceptors (Lipinski definition) is 1. The second-order valence-electron chi connectivity index (χ2n) is 9.15. The number of nitrogens with zero attached hydrogens (tertiary/aromatic N) is 2. The zero-order chi connectivity index (χ0) is 19.2. The van der Waals surface area contributed by atoms with E-state index in [1.807, 2.05) is 12.3 Å². The molecule has 2 aromatic heterocycles. The summed E-state index contributed by atoms with van der Waals surface area (Å²) in [6.45, 7) is 9.45. The van der Waals surface area contributed by atoms with E-state index in [0.29, 0.717) is 0 Å². The average Bonchev–Trinajstić information content (AvgIpc) is 2.63. The fraction of sp³-hybridized carbons (Fsp3) is 0.417. The number of hydrogen-bond donors (Lipinski definition) is 0. The van der Waals surface area contributed by atoms with E-state index in [1.165, 1.54) is 58.2 Å². The van der Waals surface area contributed by atoms with Gasteiger partial charge in [-0.3, -0.25) is 0 Å². The smallest absolute Gasteiger partial charge is 0.239 e. The normalized spacial score (nSPS) is 17.4. The zero-order valence-electron chi connectivity index (χ0n) is 17.3. The Morgan fingerprint density at radius 2 is 1.78 bits per heavy atom. The Morgan fingerprint density at radius 1 is 1.04 bits per heavy atom. The molecule has 2 nitrogen and oxygen atoms in total. The quantitative estimate of drug-likeness (QED) is 0.401. The van der Waals surface area contributed by atoms with Gasteiger partial charge in [-0.2, -0.15) is 4.57 Å². The third-order valence-electron chi connectivity index (χ3n) is 6.60. The van der Waals surface area contributed by atoms with Crippen LogP contribution in [0.15, 0.2) is 42.6 Å². The summed E-state index contributed by atoms with van der Waals surface area (Å²) in [7, 11) is 1.25. The summed E-state index contributed by atoms with van der Waals surface area (Å²) in [5.74, 6) is 0.740. The molecule has 1 aliphatic heterocycles. The number of aryl methyl sites for hydroxylation is 2. The molecule has 1 aromatic carbocycles. The summed E-state index contributed by atoms with van der Waals surface area (Å²) < 4.78 is 2.28. The molecular formula is C24H31N2Si+. The minimum absolute atomic E-state index is 0.740. The van der Waals surface area contributed by atoms with E-state index in [9.17, 15) is 0 Å². The lowest BCUT2D eigenvalue weighted by Gasteiger charge is -2.33. The van der Waals surface area contributed by atoms with Crippen LogP contribution in [0, 0.1) is 13.8 Å². The Kier molecular flexibility index (Phi) is 4.67. The summed E-state index contributed by atoms with van der Waals surface area (Å²) in [6.07, 6.45) is 4.64. The van der Waals surface area contributed by atoms with E-state index in [2.05, 4.69) is 68.9 Å². The van der Waals surface area contributed by atoms with Crippen molar-refractivity contribution in [1.29, 1.82) is 0 Å². The van der Waals surface area contributed by atoms with Gasteiger partial charge in [-0.15, -0.1) is 0 Å². The maximum absolute atomic E-state index is 4.71. The fourth-order valence-electron chi connectivity index (χ4n) is 4.60. The van der Waals surface area contributed by atoms with Crippen LogP contribution in [0.2, 0.25) is 25.2 Å². The first-order chi connectivity index (χ1) is 12.9. The van der Waals surface area contributed by atoms with Crippen molar-refractivity contribution in [2.45, 2.75) is 57.8 Å². The second kappa shape index (κ2) is 6.86. The third kappa shape index (κ3) is 3.45. The molecule has 1 fully saturated rings. The van der Waals surface area contributed by atoms with Gasteiger partial charge in [-0.1, -0.05) is 43.4 Å². The van der Waals surface area contributed by atoms with Gasteiger partial charge in [-0.05, 0) is 54.3 Å². The lowest BCUT2D eigenvalue weighted by atomic mass is 9.91. The van der Waals surface area contributed by atoms with E-state index in [1.54, 1.807) is 0 Å². The molecule has 0 radical (unpaired) electrons. The van der Waals surface area contributed by atoms with Crippen molar-refractivity contribution < 1.29 is 4.57 Å². The molecule has 0 saturated carbocycles. The maximum atomic E-state index is 4.71. The van der Waals surface area contributed by atoms with Crippen molar-refractivity contribution in [2.24, 2.45) is 7.05 Å². The van der Waals surface area contributed by atoms with Gasteiger partial charge in [0.25, 0.3) is 0 Å². The summed E-state index contributed by atoms with van der Waals surface area (Å²) >= 11 is 0. The van der Waals surface area contributed by atoms with Crippen molar-refractivity contribution in [2.75, 3.05) is 0 Å². The van der Waals surface area contributed by atoms with Gasteiger partial charge in [-0.25, -0.2) is 4.98 Å². The molecule has 0 amide bonds. The monoisotopic (exact) mass is 375 g/mol. The molecule has 1 saturated heterocycles. The van der Waals surface area contributed by atoms with Crippen molar-refractivity contribution in [1.82, 2.24) is 4.98 Å². The van der Waals surface area contributed by atoms with Crippen LogP contribution in [0.5, 0.6) is 0 Å². The number of rotatable bonds is 2. The van der Waals surface area contributed by atoms with Crippen LogP contribution in [0.3, 0.4) is 0 Å². The summed E-state index contributed by atoms with van der Waals surface area (Å²) in [5, 5.41) is 2.66. The van der Waals surface area contributed by atoms with Crippen LogP contribution in [0.1, 0.15) is 35.6 Å². The average molecular weight is 376 g/mol. The van der Waals surface area contributed by atoms with Crippen molar-refractivity contribution >= 4 is 18.8 Å². The predicted molar refractivity (Wildman–Crippen MR) is 117 cm³/mol. The number of aromatic nitrogens is 2. The standard InChI is InChI=1S/C24H31N2Si/c1-17-7-6-12-25-23(17)24-22-9-8-20(16-21(22)15-18(2)26(24)3)19-10-13-27(4,5)14-11-19/h6-9,12,15-16,19H,10-11,13-14H2,1-5H3/q+1. The molecular weight excluding hydrogens is 344 g/mol. The Bertz CT molecular complexity index is 997. The number of benzene rings is 1. The Morgan fingerprint density at radius 3 is 2.48 bits per heavy atom. The molecule has 3 heteroatoms. The van der Waals surface area contributed by atoms with E-state index in [0.717, 1.165) is 11.6 Å². The largest absolute Gasteiger partial charge is 0.250 e. The SMILES string of the molecule is Cc1cccnc1-c1c2ccc(C3CC[Si](C)(C)CC3)cc2cc(C)[n+]1C. The highest BCUT2D eigenvalue weighted by Crippen LogP contribution is 2.39. The molecule has 0 aliphatic carbocycles. The van der Waals surface area contributed by atoms with E-state index in [-0.39, 0.29) is 0 Å². The molecule has 0 bridgehead atoms. The Hall–Kier alpha value is -2.00. The van der Waals surface area contributed by atoms with Gasteiger partial charge < -0.3 is 0 Å². The van der Waals surface area contributed by atoms with Crippen LogP contribution in [0.4, 0.5) is 0 Å². The maximum Gasteiger partial charge on any atom is 0.239 e. The lowest BCUT2D eigenvalue weighted by Crippen LogP contribution is -2.35. The lowest BCUT2D eigenvalue weighted by molar-refractivity contribution is -0.665. The highest BCUT2D eigenvalue weighted by atomic mass is 28.3. The number of pyridine rings is 2. The van der Waals surface area contributed by atoms with Gasteiger partial charge in [0, 0.05) is 27.3 Å². The Labute approximate surface area is 164 Å². The van der Waals surface area contributed by atoms with Crippen LogP contribution < -0.4 is 4.57 Å². The first-order valence-electron chi connectivity index (χ1n) is 10.2. The second-order valence-corrected chi connectivity index (χ2v) is 14.5. The van der Waals surface area contributed by atoms with Gasteiger partial charge in [0.05, 0.1) is 5.39 Å².